The van der Waals surface area contributed by atoms with Crippen molar-refractivity contribution in [2.75, 3.05) is 0 Å². The van der Waals surface area contributed by atoms with Crippen molar-refractivity contribution in [3.8, 4) is 21.3 Å². The lowest BCUT2D eigenvalue weighted by molar-refractivity contribution is 0.552. The molecule has 96 valence electrons. The van der Waals surface area contributed by atoms with Crippen molar-refractivity contribution in [1.29, 1.82) is 0 Å². The Balaban J connectivity index is 2.11. The molecule has 0 bridgehead atoms. The standard InChI is InChI=1S/C13H11N3OS2/c1-2-9-10(11-15-16-13(18)17-11)19-12(14-9)8-6-4-3-5-7-8/h3-7H,2H2,1H3,(H,16,18). The third-order valence-electron chi connectivity index (χ3n) is 2.69. The molecule has 0 saturated carbocycles. The minimum Gasteiger partial charge on any atom is -0.408 e. The predicted molar refractivity (Wildman–Crippen MR) is 77.6 cm³/mol. The van der Waals surface area contributed by atoms with E-state index in [-0.39, 0.29) is 4.84 Å². The molecule has 0 fully saturated rings. The quantitative estimate of drug-likeness (QED) is 0.738. The molecule has 0 amide bonds. The molecule has 4 nitrogen and oxygen atoms in total. The fraction of sp³-hybridized carbons (Fsp3) is 0.154. The molecule has 0 spiro atoms. The summed E-state index contributed by atoms with van der Waals surface area (Å²) in [5.41, 5.74) is 2.08. The van der Waals surface area contributed by atoms with Gasteiger partial charge in [-0.25, -0.2) is 10.1 Å². The van der Waals surface area contributed by atoms with Crippen LogP contribution in [0.15, 0.2) is 34.7 Å². The first-order valence-corrected chi connectivity index (χ1v) is 7.11. The number of thiazole rings is 1. The molecule has 0 saturated heterocycles. The maximum Gasteiger partial charge on any atom is 0.284 e. The molecule has 0 aliphatic carbocycles. The SMILES string of the molecule is CCc1nc(-c2ccccc2)sc1-c1n[nH]c(=S)o1. The summed E-state index contributed by atoms with van der Waals surface area (Å²) in [6.45, 7) is 2.06. The zero-order valence-electron chi connectivity index (χ0n) is 10.2. The molecule has 0 atom stereocenters. The van der Waals surface area contributed by atoms with Crippen LogP contribution in [0.2, 0.25) is 0 Å². The van der Waals surface area contributed by atoms with Gasteiger partial charge >= 0.3 is 0 Å². The van der Waals surface area contributed by atoms with Crippen LogP contribution in [-0.4, -0.2) is 15.2 Å². The van der Waals surface area contributed by atoms with Gasteiger partial charge in [0.1, 0.15) is 9.88 Å². The lowest BCUT2D eigenvalue weighted by Gasteiger charge is -1.92. The first-order valence-electron chi connectivity index (χ1n) is 5.89. The summed E-state index contributed by atoms with van der Waals surface area (Å²) in [5, 5.41) is 7.69. The first kappa shape index (κ1) is 12.3. The molecular weight excluding hydrogens is 278 g/mol. The van der Waals surface area contributed by atoms with Crippen molar-refractivity contribution in [3.63, 3.8) is 0 Å². The van der Waals surface area contributed by atoms with E-state index in [1.807, 2.05) is 30.3 Å². The van der Waals surface area contributed by atoms with Crippen molar-refractivity contribution in [3.05, 3.63) is 40.9 Å². The lowest BCUT2D eigenvalue weighted by Crippen LogP contribution is -1.84. The summed E-state index contributed by atoms with van der Waals surface area (Å²) in [5.74, 6) is 0.515. The van der Waals surface area contributed by atoms with Crippen molar-refractivity contribution < 1.29 is 4.42 Å². The molecule has 0 radical (unpaired) electrons. The van der Waals surface area contributed by atoms with Crippen molar-refractivity contribution in [2.24, 2.45) is 0 Å². The predicted octanol–water partition coefficient (Wildman–Crippen LogP) is 4.09. The van der Waals surface area contributed by atoms with Gasteiger partial charge in [0.05, 0.1) is 5.69 Å². The van der Waals surface area contributed by atoms with Crippen LogP contribution in [0.4, 0.5) is 0 Å². The molecule has 0 unspecified atom stereocenters. The maximum atomic E-state index is 5.38. The van der Waals surface area contributed by atoms with E-state index in [0.29, 0.717) is 5.89 Å². The Bertz CT molecular complexity index is 743. The zero-order chi connectivity index (χ0) is 13.2. The molecule has 19 heavy (non-hydrogen) atoms. The highest BCUT2D eigenvalue weighted by Crippen LogP contribution is 2.34. The second-order valence-corrected chi connectivity index (χ2v) is 5.30. The van der Waals surface area contributed by atoms with E-state index < -0.39 is 0 Å². The summed E-state index contributed by atoms with van der Waals surface area (Å²) >= 11 is 6.48. The van der Waals surface area contributed by atoms with Gasteiger partial charge in [0.15, 0.2) is 0 Å². The molecule has 0 aliphatic heterocycles. The lowest BCUT2D eigenvalue weighted by atomic mass is 10.2. The van der Waals surface area contributed by atoms with Crippen molar-refractivity contribution in [2.45, 2.75) is 13.3 Å². The highest BCUT2D eigenvalue weighted by atomic mass is 32.1. The summed E-state index contributed by atoms with van der Waals surface area (Å²) in [7, 11) is 0. The fourth-order valence-corrected chi connectivity index (χ4v) is 3.00. The fourth-order valence-electron chi connectivity index (χ4n) is 1.79. The minimum absolute atomic E-state index is 0.284. The molecule has 3 rings (SSSR count). The maximum absolute atomic E-state index is 5.38. The Labute approximate surface area is 119 Å². The van der Waals surface area contributed by atoms with Gasteiger partial charge in [-0.1, -0.05) is 37.3 Å². The third kappa shape index (κ3) is 2.36. The van der Waals surface area contributed by atoms with Gasteiger partial charge in [0.25, 0.3) is 10.7 Å². The first-order chi connectivity index (χ1) is 9.28. The minimum atomic E-state index is 0.284. The van der Waals surface area contributed by atoms with E-state index in [4.69, 9.17) is 16.6 Å². The molecule has 2 heterocycles. The molecule has 3 aromatic rings. The van der Waals surface area contributed by atoms with Crippen LogP contribution in [0, 0.1) is 4.84 Å². The van der Waals surface area contributed by atoms with Crippen LogP contribution >= 0.6 is 23.6 Å². The van der Waals surface area contributed by atoms with E-state index in [2.05, 4.69) is 22.1 Å². The van der Waals surface area contributed by atoms with Gasteiger partial charge in [0.2, 0.25) is 0 Å². The van der Waals surface area contributed by atoms with Gasteiger partial charge in [-0.05, 0) is 18.6 Å². The number of aryl methyl sites for hydroxylation is 1. The van der Waals surface area contributed by atoms with Gasteiger partial charge in [-0.3, -0.25) is 0 Å². The molecule has 0 aliphatic rings. The van der Waals surface area contributed by atoms with Gasteiger partial charge in [-0.2, -0.15) is 0 Å². The summed E-state index contributed by atoms with van der Waals surface area (Å²) in [6, 6.07) is 10.1. The Morgan fingerprint density at radius 3 is 2.74 bits per heavy atom. The Hall–Kier alpha value is -1.79. The summed E-state index contributed by atoms with van der Waals surface area (Å²) < 4.78 is 5.38. The number of H-pyrrole nitrogens is 1. The van der Waals surface area contributed by atoms with E-state index in [0.717, 1.165) is 27.6 Å². The van der Waals surface area contributed by atoms with Crippen LogP contribution < -0.4 is 0 Å². The van der Waals surface area contributed by atoms with E-state index in [9.17, 15) is 0 Å². The van der Waals surface area contributed by atoms with Gasteiger partial charge in [0, 0.05) is 5.56 Å². The van der Waals surface area contributed by atoms with Gasteiger partial charge in [-0.15, -0.1) is 16.4 Å². The van der Waals surface area contributed by atoms with Crippen LogP contribution in [0.25, 0.3) is 21.3 Å². The number of hydrogen-bond acceptors (Lipinski definition) is 5. The van der Waals surface area contributed by atoms with Crippen molar-refractivity contribution in [1.82, 2.24) is 15.2 Å². The average Bonchev–Trinajstić information content (AvgIpc) is 3.05. The second-order valence-electron chi connectivity index (χ2n) is 3.93. The van der Waals surface area contributed by atoms with Crippen LogP contribution in [0.5, 0.6) is 0 Å². The summed E-state index contributed by atoms with van der Waals surface area (Å²) in [6.07, 6.45) is 0.827. The van der Waals surface area contributed by atoms with Crippen LogP contribution in [0.1, 0.15) is 12.6 Å². The number of rotatable bonds is 3. The number of aromatic nitrogens is 3. The normalized spacial score (nSPS) is 10.8. The van der Waals surface area contributed by atoms with Crippen LogP contribution in [-0.2, 0) is 6.42 Å². The number of hydrogen-bond donors (Lipinski definition) is 1. The second kappa shape index (κ2) is 5.07. The largest absolute Gasteiger partial charge is 0.408 e. The Kier molecular flexibility index (Phi) is 3.27. The highest BCUT2D eigenvalue weighted by molar-refractivity contribution is 7.71. The van der Waals surface area contributed by atoms with E-state index >= 15 is 0 Å². The Morgan fingerprint density at radius 2 is 2.11 bits per heavy atom. The third-order valence-corrected chi connectivity index (χ3v) is 3.99. The topological polar surface area (TPSA) is 54.7 Å². The van der Waals surface area contributed by atoms with Gasteiger partial charge < -0.3 is 4.42 Å². The summed E-state index contributed by atoms with van der Waals surface area (Å²) in [4.78, 5) is 5.88. The molecule has 2 aromatic heterocycles. The number of aromatic amines is 1. The van der Waals surface area contributed by atoms with Crippen molar-refractivity contribution >= 4 is 23.6 Å². The molecule has 1 N–H and O–H groups in total. The van der Waals surface area contributed by atoms with E-state index in [1.165, 1.54) is 0 Å². The molecular formula is C13H11N3OS2. The zero-order valence-corrected chi connectivity index (χ0v) is 11.8. The molecule has 6 heteroatoms. The van der Waals surface area contributed by atoms with E-state index in [1.54, 1.807) is 11.3 Å². The average molecular weight is 289 g/mol. The number of benzene rings is 1. The Morgan fingerprint density at radius 1 is 1.32 bits per heavy atom. The monoisotopic (exact) mass is 289 g/mol. The molecule has 1 aromatic carbocycles. The number of nitrogens with zero attached hydrogens (tertiary/aromatic N) is 2. The number of nitrogens with one attached hydrogen (secondary N) is 1. The van der Waals surface area contributed by atoms with Crippen LogP contribution in [0.3, 0.4) is 0 Å². The highest BCUT2D eigenvalue weighted by Gasteiger charge is 2.16. The smallest absolute Gasteiger partial charge is 0.284 e.